The number of rotatable bonds is 20. The van der Waals surface area contributed by atoms with Crippen LogP contribution < -0.4 is 37.6 Å². The van der Waals surface area contributed by atoms with Gasteiger partial charge in [-0.15, -0.1) is 0 Å². The number of carboxylic acid groups (broad SMARTS) is 1. The maximum atomic E-state index is 13.5. The first kappa shape index (κ1) is 46.5. The molecule has 13 N–H and O–H groups in total. The van der Waals surface area contributed by atoms with Crippen molar-refractivity contribution in [1.29, 1.82) is 0 Å². The Balaban J connectivity index is 1.99. The molecule has 0 unspecified atom stereocenters. The van der Waals surface area contributed by atoms with Gasteiger partial charge >= 0.3 is 5.97 Å². The third-order valence-corrected chi connectivity index (χ3v) is 9.23. The molecule has 0 aromatic heterocycles. The van der Waals surface area contributed by atoms with Crippen LogP contribution in [0.25, 0.3) is 0 Å². The fourth-order valence-electron chi connectivity index (χ4n) is 5.76. The maximum absolute atomic E-state index is 13.5. The summed E-state index contributed by atoms with van der Waals surface area (Å²) >= 11 is 4.02. The summed E-state index contributed by atoms with van der Waals surface area (Å²) in [5.74, 6) is -8.49. The number of nitrogens with two attached hydrogens (primary N) is 1. The molecule has 2 aliphatic rings. The van der Waals surface area contributed by atoms with E-state index in [1.807, 2.05) is 0 Å². The largest absolute Gasteiger partial charge is 0.480 e. The van der Waals surface area contributed by atoms with Gasteiger partial charge in [-0.3, -0.25) is 38.4 Å². The van der Waals surface area contributed by atoms with Gasteiger partial charge in [0.25, 0.3) is 0 Å². The first-order chi connectivity index (χ1) is 25.9. The van der Waals surface area contributed by atoms with Crippen molar-refractivity contribution in [3.8, 4) is 0 Å². The van der Waals surface area contributed by atoms with Gasteiger partial charge in [-0.05, 0) is 39.5 Å². The van der Waals surface area contributed by atoms with Crippen molar-refractivity contribution in [3.63, 3.8) is 0 Å². The number of hydrogen-bond acceptors (Lipinski definition) is 15. The van der Waals surface area contributed by atoms with Crippen LogP contribution in [0.1, 0.15) is 39.5 Å². The number of carbonyl (C=O) groups is 9. The lowest BCUT2D eigenvalue weighted by atomic mass is 10.1. The highest BCUT2D eigenvalue weighted by Crippen LogP contribution is 2.20. The minimum Gasteiger partial charge on any atom is -0.480 e. The van der Waals surface area contributed by atoms with E-state index in [0.717, 1.165) is 9.80 Å². The molecule has 2 heterocycles. The molecule has 2 fully saturated rings. The topological polar surface area (TPSA) is 359 Å². The maximum Gasteiger partial charge on any atom is 0.328 e. The fraction of sp³-hybridized carbons (Fsp3) is 0.710. The molecule has 0 aromatic rings. The van der Waals surface area contributed by atoms with Gasteiger partial charge in [-0.25, -0.2) is 4.79 Å². The van der Waals surface area contributed by atoms with Crippen molar-refractivity contribution in [3.05, 3.63) is 0 Å². The predicted octanol–water partition coefficient (Wildman–Crippen LogP) is -7.77. The highest BCUT2D eigenvalue weighted by atomic mass is 32.1. The highest BCUT2D eigenvalue weighted by molar-refractivity contribution is 7.80. The van der Waals surface area contributed by atoms with Gasteiger partial charge in [-0.1, -0.05) is 0 Å². The number of amides is 8. The van der Waals surface area contributed by atoms with Crippen LogP contribution in [0.3, 0.4) is 0 Å². The molecule has 24 heteroatoms. The van der Waals surface area contributed by atoms with E-state index in [0.29, 0.717) is 12.8 Å². The Morgan fingerprint density at radius 1 is 0.709 bits per heavy atom. The molecule has 8 amide bonds. The second-order valence-electron chi connectivity index (χ2n) is 13.0. The zero-order valence-electron chi connectivity index (χ0n) is 30.3. The molecule has 0 radical (unpaired) electrons. The summed E-state index contributed by atoms with van der Waals surface area (Å²) in [5, 5.41) is 61.2. The van der Waals surface area contributed by atoms with E-state index in [4.69, 9.17) is 21.1 Å². The number of hydrogen-bond donors (Lipinski definition) is 13. The molecule has 2 saturated heterocycles. The predicted molar refractivity (Wildman–Crippen MR) is 190 cm³/mol. The van der Waals surface area contributed by atoms with Crippen LogP contribution >= 0.6 is 12.6 Å². The minimum absolute atomic E-state index is 0.0565. The number of carboxylic acids is 1. The minimum atomic E-state index is -1.60. The van der Waals surface area contributed by atoms with Crippen molar-refractivity contribution in [1.82, 2.24) is 41.7 Å². The van der Waals surface area contributed by atoms with Crippen LogP contribution in [-0.2, 0) is 43.2 Å². The Morgan fingerprint density at radius 3 is 1.76 bits per heavy atom. The number of nitrogens with zero attached hydrogens (tertiary/aromatic N) is 2. The quantitative estimate of drug-likeness (QED) is 0.0508. The second kappa shape index (κ2) is 22.1. The van der Waals surface area contributed by atoms with E-state index in [-0.39, 0.29) is 31.7 Å². The first-order valence-electron chi connectivity index (χ1n) is 17.4. The Hall–Kier alpha value is -4.62. The van der Waals surface area contributed by atoms with Crippen molar-refractivity contribution < 1.29 is 68.7 Å². The summed E-state index contributed by atoms with van der Waals surface area (Å²) in [7, 11) is 0. The SMILES string of the molecule is C[C@H](NC(=O)[C@@H]1CCCN1C(=O)[C@H](CO)NC(=O)CNC(=O)[C@@H]1CCCN1C(=O)[C@@H](NC(=O)[C@H](CS)NC(=O)[C@@H](N)CO)[C@@H](C)O)C(=O)N[C@@H](CO)C(=O)O. The Morgan fingerprint density at radius 2 is 1.25 bits per heavy atom. The lowest BCUT2D eigenvalue weighted by Crippen LogP contribution is -2.61. The molecule has 23 nitrogen and oxygen atoms in total. The van der Waals surface area contributed by atoms with E-state index in [1.165, 1.54) is 13.8 Å². The summed E-state index contributed by atoms with van der Waals surface area (Å²) in [5.41, 5.74) is 5.46. The molecule has 0 saturated carbocycles. The Labute approximate surface area is 320 Å². The standard InChI is InChI=1S/C31H51N9O14S/c1-14(24(46)36-18(12-43)31(53)54)34-28(50)21-6-4-7-39(21)29(51)17(11-42)35-22(45)9-33-27(49)20-5-3-8-40(20)30(52)23(15(2)44)38-26(48)19(13-55)37-25(47)16(32)10-41/h14-21,23,41-44,55H,3-13,32H2,1-2H3,(H,33,49)(H,34,50)(H,35,45)(H,36,46)(H,37,47)(H,38,48)(H,53,54)/t14-,15+,16-,17-,18-,19-,20-,21-,23-/m0/s1. The van der Waals surface area contributed by atoms with E-state index in [9.17, 15) is 53.4 Å². The second-order valence-corrected chi connectivity index (χ2v) is 13.3. The fourth-order valence-corrected chi connectivity index (χ4v) is 6.01. The van der Waals surface area contributed by atoms with E-state index in [2.05, 4.69) is 44.5 Å². The number of aliphatic hydroxyl groups excluding tert-OH is 4. The lowest BCUT2D eigenvalue weighted by molar-refractivity contribution is -0.144. The molecule has 0 aromatic carbocycles. The highest BCUT2D eigenvalue weighted by Gasteiger charge is 2.41. The van der Waals surface area contributed by atoms with Crippen LogP contribution in [0.4, 0.5) is 0 Å². The van der Waals surface area contributed by atoms with Crippen LogP contribution in [0, 0.1) is 0 Å². The molecule has 0 bridgehead atoms. The number of aliphatic carboxylic acids is 1. The smallest absolute Gasteiger partial charge is 0.328 e. The van der Waals surface area contributed by atoms with Crippen molar-refractivity contribution in [2.45, 2.75) is 94.0 Å². The van der Waals surface area contributed by atoms with Crippen molar-refractivity contribution >= 4 is 65.9 Å². The van der Waals surface area contributed by atoms with Gasteiger partial charge in [0.05, 0.1) is 32.5 Å². The van der Waals surface area contributed by atoms with Gasteiger partial charge in [-0.2, -0.15) is 12.6 Å². The van der Waals surface area contributed by atoms with Crippen LogP contribution in [0.2, 0.25) is 0 Å². The van der Waals surface area contributed by atoms with Crippen LogP contribution in [0.15, 0.2) is 0 Å². The molecule has 55 heavy (non-hydrogen) atoms. The monoisotopic (exact) mass is 805 g/mol. The Kier molecular flexibility index (Phi) is 18.7. The summed E-state index contributed by atoms with van der Waals surface area (Å²) < 4.78 is 0. The number of aliphatic hydroxyl groups is 4. The third-order valence-electron chi connectivity index (χ3n) is 8.86. The molecular weight excluding hydrogens is 754 g/mol. The van der Waals surface area contributed by atoms with Gasteiger partial charge in [0.1, 0.15) is 48.3 Å². The van der Waals surface area contributed by atoms with E-state index < -0.39 is 134 Å². The number of carbonyl (C=O) groups excluding carboxylic acids is 8. The number of thiol groups is 1. The molecular formula is C31H51N9O14S. The van der Waals surface area contributed by atoms with Crippen molar-refractivity contribution in [2.24, 2.45) is 5.73 Å². The molecule has 2 aliphatic heterocycles. The number of nitrogens with one attached hydrogen (secondary N) is 6. The van der Waals surface area contributed by atoms with Crippen LogP contribution in [0.5, 0.6) is 0 Å². The van der Waals surface area contributed by atoms with E-state index >= 15 is 0 Å². The van der Waals surface area contributed by atoms with Gasteiger partial charge in [0, 0.05) is 18.8 Å². The summed E-state index contributed by atoms with van der Waals surface area (Å²) in [4.78, 5) is 116. The zero-order valence-corrected chi connectivity index (χ0v) is 31.2. The van der Waals surface area contributed by atoms with Gasteiger partial charge in [0.2, 0.25) is 47.3 Å². The zero-order chi connectivity index (χ0) is 41.6. The molecule has 0 spiro atoms. The molecule has 310 valence electrons. The van der Waals surface area contributed by atoms with Gasteiger partial charge < -0.3 is 73.0 Å². The van der Waals surface area contributed by atoms with Crippen molar-refractivity contribution in [2.75, 3.05) is 45.2 Å². The summed E-state index contributed by atoms with van der Waals surface area (Å²) in [6, 6.07) is -10.8. The lowest BCUT2D eigenvalue weighted by Gasteiger charge is -2.31. The Bertz CT molecular complexity index is 1440. The average Bonchev–Trinajstić information content (AvgIpc) is 3.86. The van der Waals surface area contributed by atoms with E-state index in [1.54, 1.807) is 0 Å². The first-order valence-corrected chi connectivity index (χ1v) is 18.0. The van der Waals surface area contributed by atoms with Gasteiger partial charge in [0.15, 0.2) is 0 Å². The summed E-state index contributed by atoms with van der Waals surface area (Å²) in [6.07, 6.45) is -0.412. The third kappa shape index (κ3) is 13.0. The molecule has 2 rings (SSSR count). The summed E-state index contributed by atoms with van der Waals surface area (Å²) in [6.45, 7) is -0.556. The molecule has 0 aliphatic carbocycles. The molecule has 9 atom stereocenters. The normalized spacial score (nSPS) is 20.4. The average molecular weight is 806 g/mol. The van der Waals surface area contributed by atoms with Crippen LogP contribution in [-0.4, -0.2) is 188 Å². The number of likely N-dealkylation sites (tertiary alicyclic amines) is 2.